The van der Waals surface area contributed by atoms with Crippen molar-refractivity contribution in [3.8, 4) is 22.5 Å². The summed E-state index contributed by atoms with van der Waals surface area (Å²) in [5.74, 6) is -1.01. The van der Waals surface area contributed by atoms with Crippen molar-refractivity contribution in [2.75, 3.05) is 11.4 Å². The molecule has 3 aromatic rings. The second-order valence-electron chi connectivity index (χ2n) is 10.6. The zero-order valence-corrected chi connectivity index (χ0v) is 23.3. The molecule has 1 amide bonds. The zero-order chi connectivity index (χ0) is 28.5. The molecule has 0 bridgehead atoms. The molecule has 0 saturated heterocycles. The van der Waals surface area contributed by atoms with Crippen LogP contribution in [-0.4, -0.2) is 46.2 Å². The Morgan fingerprint density at radius 1 is 0.795 bits per heavy atom. The van der Waals surface area contributed by atoms with E-state index in [1.165, 1.54) is 18.7 Å². The SMILES string of the molecule is CC(=O)OC1CN(C(=O)OC(C)(C)C)c2nc(-c3ccc(C)cc3)c(-c3ccc(C)cc3)nc2C1OC(C)=O. The van der Waals surface area contributed by atoms with Crippen molar-refractivity contribution < 1.29 is 28.6 Å². The fourth-order valence-corrected chi connectivity index (χ4v) is 4.29. The van der Waals surface area contributed by atoms with Gasteiger partial charge in [0.25, 0.3) is 0 Å². The number of aryl methyl sites for hydroxylation is 2. The lowest BCUT2D eigenvalue weighted by Gasteiger charge is -2.38. The van der Waals surface area contributed by atoms with Gasteiger partial charge in [-0.15, -0.1) is 0 Å². The molecule has 2 unspecified atom stereocenters. The van der Waals surface area contributed by atoms with Gasteiger partial charge >= 0.3 is 18.0 Å². The predicted octanol–water partition coefficient (Wildman–Crippen LogP) is 5.72. The molecule has 2 atom stereocenters. The Balaban J connectivity index is 2.00. The quantitative estimate of drug-likeness (QED) is 0.311. The highest BCUT2D eigenvalue weighted by molar-refractivity contribution is 5.90. The number of ether oxygens (including phenoxy) is 3. The number of rotatable bonds is 4. The number of fused-ring (bicyclic) bond motifs is 1. The van der Waals surface area contributed by atoms with Crippen molar-refractivity contribution in [1.82, 2.24) is 9.97 Å². The molecule has 1 aromatic heterocycles. The van der Waals surface area contributed by atoms with Gasteiger partial charge in [0.05, 0.1) is 17.9 Å². The molecular weight excluding hydrogens is 498 g/mol. The summed E-state index contributed by atoms with van der Waals surface area (Å²) >= 11 is 0. The number of carbonyl (C=O) groups is 3. The van der Waals surface area contributed by atoms with Gasteiger partial charge < -0.3 is 14.2 Å². The highest BCUT2D eigenvalue weighted by Gasteiger charge is 2.44. The molecule has 1 aliphatic heterocycles. The molecule has 0 saturated carbocycles. The number of hydrogen-bond acceptors (Lipinski definition) is 8. The molecule has 9 nitrogen and oxygen atoms in total. The van der Waals surface area contributed by atoms with Gasteiger partial charge in [0.1, 0.15) is 11.3 Å². The van der Waals surface area contributed by atoms with Crippen molar-refractivity contribution in [2.45, 2.75) is 66.3 Å². The summed E-state index contributed by atoms with van der Waals surface area (Å²) in [4.78, 5) is 48.8. The van der Waals surface area contributed by atoms with Crippen LogP contribution in [0.2, 0.25) is 0 Å². The highest BCUT2D eigenvalue weighted by atomic mass is 16.6. The minimum absolute atomic E-state index is 0.134. The molecule has 9 heteroatoms. The van der Waals surface area contributed by atoms with E-state index in [1.54, 1.807) is 20.8 Å². The minimum atomic E-state index is -1.08. The largest absolute Gasteiger partial charge is 0.456 e. The van der Waals surface area contributed by atoms with Gasteiger partial charge in [0, 0.05) is 25.0 Å². The van der Waals surface area contributed by atoms with Crippen LogP contribution >= 0.6 is 0 Å². The normalized spacial score (nSPS) is 16.7. The van der Waals surface area contributed by atoms with Gasteiger partial charge in [-0.1, -0.05) is 59.7 Å². The van der Waals surface area contributed by atoms with Crippen LogP contribution in [0.5, 0.6) is 0 Å². The van der Waals surface area contributed by atoms with Crippen LogP contribution in [0.4, 0.5) is 10.6 Å². The second-order valence-corrected chi connectivity index (χ2v) is 10.6. The minimum Gasteiger partial charge on any atom is -0.456 e. The second kappa shape index (κ2) is 10.8. The van der Waals surface area contributed by atoms with E-state index in [0.717, 1.165) is 22.3 Å². The number of nitrogens with zero attached hydrogens (tertiary/aromatic N) is 3. The standard InChI is InChI=1S/C30H33N3O6/c1-17-8-12-21(13-9-17)24-25(22-14-10-18(2)11-15-22)32-28-26(31-24)27(38-20(4)35)23(37-19(3)34)16-33(28)29(36)39-30(5,6)7/h8-15,23,27H,16H2,1-7H3. The monoisotopic (exact) mass is 531 g/mol. The molecule has 4 rings (SSSR count). The predicted molar refractivity (Wildman–Crippen MR) is 146 cm³/mol. The van der Waals surface area contributed by atoms with Crippen LogP contribution in [0.25, 0.3) is 22.5 Å². The lowest BCUT2D eigenvalue weighted by Crippen LogP contribution is -2.49. The van der Waals surface area contributed by atoms with E-state index in [4.69, 9.17) is 24.2 Å². The Hall–Kier alpha value is -4.27. The number of amides is 1. The van der Waals surface area contributed by atoms with E-state index in [0.29, 0.717) is 11.4 Å². The Labute approximate surface area is 228 Å². The molecule has 0 N–H and O–H groups in total. The fourth-order valence-electron chi connectivity index (χ4n) is 4.29. The van der Waals surface area contributed by atoms with Crippen LogP contribution in [0, 0.1) is 13.8 Å². The first kappa shape index (κ1) is 27.8. The first-order valence-corrected chi connectivity index (χ1v) is 12.7. The average molecular weight is 532 g/mol. The number of carbonyl (C=O) groups excluding carboxylic acids is 3. The summed E-state index contributed by atoms with van der Waals surface area (Å²) < 4.78 is 16.8. The summed E-state index contributed by atoms with van der Waals surface area (Å²) in [6, 6.07) is 15.6. The van der Waals surface area contributed by atoms with Gasteiger partial charge in [0.2, 0.25) is 0 Å². The molecule has 0 radical (unpaired) electrons. The molecule has 0 aliphatic carbocycles. The summed E-state index contributed by atoms with van der Waals surface area (Å²) in [5, 5.41) is 0. The fraction of sp³-hybridized carbons (Fsp3) is 0.367. The molecule has 0 fully saturated rings. The molecule has 204 valence electrons. The van der Waals surface area contributed by atoms with Gasteiger partial charge in [-0.3, -0.25) is 14.5 Å². The molecular formula is C30H33N3O6. The molecule has 0 spiro atoms. The zero-order valence-electron chi connectivity index (χ0n) is 23.3. The highest BCUT2D eigenvalue weighted by Crippen LogP contribution is 2.41. The van der Waals surface area contributed by atoms with Gasteiger partial charge in [-0.25, -0.2) is 14.8 Å². The summed E-state index contributed by atoms with van der Waals surface area (Å²) in [5.41, 5.74) is 4.20. The third kappa shape index (κ3) is 6.42. The van der Waals surface area contributed by atoms with Crippen LogP contribution in [0.1, 0.15) is 57.5 Å². The molecule has 2 aromatic carbocycles. The van der Waals surface area contributed by atoms with E-state index in [2.05, 4.69) is 0 Å². The van der Waals surface area contributed by atoms with Crippen molar-refractivity contribution >= 4 is 23.8 Å². The van der Waals surface area contributed by atoms with Crippen molar-refractivity contribution in [1.29, 1.82) is 0 Å². The third-order valence-corrected chi connectivity index (χ3v) is 6.00. The van der Waals surface area contributed by atoms with Gasteiger partial charge in [0.15, 0.2) is 18.0 Å². The molecule has 2 heterocycles. The van der Waals surface area contributed by atoms with Crippen LogP contribution in [-0.2, 0) is 23.8 Å². The summed E-state index contributed by atoms with van der Waals surface area (Å²) in [7, 11) is 0. The van der Waals surface area contributed by atoms with Crippen molar-refractivity contribution in [2.24, 2.45) is 0 Å². The third-order valence-electron chi connectivity index (χ3n) is 6.00. The summed E-state index contributed by atoms with van der Waals surface area (Å²) in [6.45, 7) is 11.6. The maximum atomic E-state index is 13.4. The molecule has 39 heavy (non-hydrogen) atoms. The lowest BCUT2D eigenvalue weighted by molar-refractivity contribution is -0.166. The Morgan fingerprint density at radius 3 is 1.74 bits per heavy atom. The van der Waals surface area contributed by atoms with E-state index in [9.17, 15) is 14.4 Å². The lowest BCUT2D eigenvalue weighted by atomic mass is 9.99. The average Bonchev–Trinajstić information content (AvgIpc) is 2.84. The molecule has 1 aliphatic rings. The van der Waals surface area contributed by atoms with Crippen molar-refractivity contribution in [3.05, 3.63) is 65.4 Å². The topological polar surface area (TPSA) is 108 Å². The first-order valence-electron chi connectivity index (χ1n) is 12.7. The smallest absolute Gasteiger partial charge is 0.416 e. The Kier molecular flexibility index (Phi) is 7.72. The van der Waals surface area contributed by atoms with Crippen LogP contribution in [0.15, 0.2) is 48.5 Å². The number of esters is 2. The van der Waals surface area contributed by atoms with E-state index >= 15 is 0 Å². The Bertz CT molecular complexity index is 1390. The van der Waals surface area contributed by atoms with Crippen molar-refractivity contribution in [3.63, 3.8) is 0 Å². The van der Waals surface area contributed by atoms with E-state index in [1.807, 2.05) is 62.4 Å². The number of anilines is 1. The maximum absolute atomic E-state index is 13.4. The Morgan fingerprint density at radius 2 is 1.28 bits per heavy atom. The first-order chi connectivity index (χ1) is 18.3. The number of benzene rings is 2. The summed E-state index contributed by atoms with van der Waals surface area (Å²) in [6.07, 6.45) is -2.78. The number of hydrogen-bond donors (Lipinski definition) is 0. The van der Waals surface area contributed by atoms with E-state index in [-0.39, 0.29) is 18.1 Å². The van der Waals surface area contributed by atoms with E-state index < -0.39 is 35.8 Å². The maximum Gasteiger partial charge on any atom is 0.416 e. The van der Waals surface area contributed by atoms with Gasteiger partial charge in [-0.2, -0.15) is 0 Å². The van der Waals surface area contributed by atoms with Crippen LogP contribution < -0.4 is 4.90 Å². The van der Waals surface area contributed by atoms with Crippen LogP contribution in [0.3, 0.4) is 0 Å². The number of aromatic nitrogens is 2. The van der Waals surface area contributed by atoms with Gasteiger partial charge in [-0.05, 0) is 34.6 Å².